The Morgan fingerprint density at radius 1 is 1.37 bits per heavy atom. The van der Waals surface area contributed by atoms with E-state index in [1.54, 1.807) is 25.6 Å². The SMILES string of the molecule is CC(O)CCCn1c(=O)c2c(ncn2C)n(C)c1=O. The zero-order valence-corrected chi connectivity index (χ0v) is 11.3. The fourth-order valence-corrected chi connectivity index (χ4v) is 2.14. The van der Waals surface area contributed by atoms with Gasteiger partial charge in [0.05, 0.1) is 12.4 Å². The van der Waals surface area contributed by atoms with E-state index in [4.69, 9.17) is 0 Å². The van der Waals surface area contributed by atoms with Crippen LogP contribution in [0.2, 0.25) is 0 Å². The highest BCUT2D eigenvalue weighted by Gasteiger charge is 2.14. The van der Waals surface area contributed by atoms with Crippen molar-refractivity contribution < 1.29 is 5.11 Å². The van der Waals surface area contributed by atoms with Crippen LogP contribution in [0.5, 0.6) is 0 Å². The molecule has 2 aromatic heterocycles. The molecule has 0 radical (unpaired) electrons. The van der Waals surface area contributed by atoms with Crippen molar-refractivity contribution in [2.75, 3.05) is 0 Å². The summed E-state index contributed by atoms with van der Waals surface area (Å²) in [6.45, 7) is 1.99. The van der Waals surface area contributed by atoms with Gasteiger partial charge >= 0.3 is 5.69 Å². The molecule has 1 N–H and O–H groups in total. The standard InChI is InChI=1S/C12H18N4O3/c1-8(17)5-4-6-16-11(18)9-10(13-7-14(9)2)15(3)12(16)19/h7-8,17H,4-6H2,1-3H3. The van der Waals surface area contributed by atoms with Crippen molar-refractivity contribution >= 4 is 11.2 Å². The van der Waals surface area contributed by atoms with Crippen LogP contribution in [-0.4, -0.2) is 29.9 Å². The number of nitrogens with zero attached hydrogens (tertiary/aromatic N) is 4. The van der Waals surface area contributed by atoms with Gasteiger partial charge < -0.3 is 9.67 Å². The minimum Gasteiger partial charge on any atom is -0.393 e. The molecular weight excluding hydrogens is 248 g/mol. The van der Waals surface area contributed by atoms with Gasteiger partial charge in [0, 0.05) is 20.6 Å². The van der Waals surface area contributed by atoms with Gasteiger partial charge in [-0.25, -0.2) is 9.78 Å². The van der Waals surface area contributed by atoms with E-state index in [1.165, 1.54) is 15.5 Å². The molecule has 2 aromatic rings. The summed E-state index contributed by atoms with van der Waals surface area (Å²) in [5.41, 5.74) is 0.105. The summed E-state index contributed by atoms with van der Waals surface area (Å²) in [6.07, 6.45) is 2.22. The number of aliphatic hydroxyl groups excluding tert-OH is 1. The van der Waals surface area contributed by atoms with Gasteiger partial charge in [-0.1, -0.05) is 0 Å². The van der Waals surface area contributed by atoms with Gasteiger partial charge in [0.25, 0.3) is 5.56 Å². The molecule has 0 aliphatic carbocycles. The monoisotopic (exact) mass is 266 g/mol. The molecule has 19 heavy (non-hydrogen) atoms. The van der Waals surface area contributed by atoms with Gasteiger partial charge in [-0.15, -0.1) is 0 Å². The quantitative estimate of drug-likeness (QED) is 0.816. The van der Waals surface area contributed by atoms with Gasteiger partial charge in [0.1, 0.15) is 0 Å². The Labute approximate surface area is 109 Å². The second kappa shape index (κ2) is 5.00. The predicted octanol–water partition coefficient (Wildman–Crippen LogP) is -0.405. The number of imidazole rings is 1. The number of rotatable bonds is 4. The summed E-state index contributed by atoms with van der Waals surface area (Å²) in [6, 6.07) is 0. The molecular formula is C12H18N4O3. The first kappa shape index (κ1) is 13.5. The largest absolute Gasteiger partial charge is 0.393 e. The first-order valence-corrected chi connectivity index (χ1v) is 6.22. The van der Waals surface area contributed by atoms with Crippen molar-refractivity contribution in [1.29, 1.82) is 0 Å². The maximum Gasteiger partial charge on any atom is 0.332 e. The molecule has 7 heteroatoms. The lowest BCUT2D eigenvalue weighted by Gasteiger charge is -2.09. The molecule has 1 unspecified atom stereocenters. The summed E-state index contributed by atoms with van der Waals surface area (Å²) < 4.78 is 4.19. The molecule has 104 valence electrons. The zero-order chi connectivity index (χ0) is 14.2. The molecule has 0 bridgehead atoms. The van der Waals surface area contributed by atoms with Gasteiger partial charge in [0.2, 0.25) is 0 Å². The molecule has 0 aromatic carbocycles. The maximum atomic E-state index is 12.3. The number of hydrogen-bond acceptors (Lipinski definition) is 4. The van der Waals surface area contributed by atoms with Crippen molar-refractivity contribution in [3.63, 3.8) is 0 Å². The molecule has 0 spiro atoms. The minimum atomic E-state index is -0.431. The van der Waals surface area contributed by atoms with Gasteiger partial charge in [-0.2, -0.15) is 0 Å². The summed E-state index contributed by atoms with van der Waals surface area (Å²) >= 11 is 0. The number of hydrogen-bond donors (Lipinski definition) is 1. The number of aliphatic hydroxyl groups is 1. The van der Waals surface area contributed by atoms with E-state index in [9.17, 15) is 14.7 Å². The van der Waals surface area contributed by atoms with Crippen LogP contribution in [0.1, 0.15) is 19.8 Å². The third-order valence-electron chi connectivity index (χ3n) is 3.20. The van der Waals surface area contributed by atoms with Crippen LogP contribution in [0.3, 0.4) is 0 Å². The Balaban J connectivity index is 2.52. The molecule has 0 saturated heterocycles. The van der Waals surface area contributed by atoms with E-state index in [0.29, 0.717) is 30.6 Å². The Kier molecular flexibility index (Phi) is 3.57. The van der Waals surface area contributed by atoms with Crippen LogP contribution in [0, 0.1) is 0 Å². The molecule has 0 fully saturated rings. The smallest absolute Gasteiger partial charge is 0.332 e. The highest BCUT2D eigenvalue weighted by atomic mass is 16.3. The van der Waals surface area contributed by atoms with E-state index in [2.05, 4.69) is 4.98 Å². The van der Waals surface area contributed by atoms with Crippen molar-refractivity contribution in [1.82, 2.24) is 18.7 Å². The topological polar surface area (TPSA) is 82.1 Å². The minimum absolute atomic E-state index is 0.303. The lowest BCUT2D eigenvalue weighted by Crippen LogP contribution is -2.39. The van der Waals surface area contributed by atoms with E-state index >= 15 is 0 Å². The molecule has 0 saturated carbocycles. The third kappa shape index (κ3) is 2.33. The summed E-state index contributed by atoms with van der Waals surface area (Å²) in [5, 5.41) is 9.22. The fourth-order valence-electron chi connectivity index (χ4n) is 2.14. The van der Waals surface area contributed by atoms with Gasteiger partial charge in [0.15, 0.2) is 11.2 Å². The fraction of sp³-hybridized carbons (Fsp3) is 0.583. The molecule has 2 rings (SSSR count). The van der Waals surface area contributed by atoms with Crippen LogP contribution in [0.25, 0.3) is 11.2 Å². The zero-order valence-electron chi connectivity index (χ0n) is 11.3. The molecule has 0 aliphatic rings. The van der Waals surface area contributed by atoms with Gasteiger partial charge in [-0.05, 0) is 19.8 Å². The molecule has 1 atom stereocenters. The Morgan fingerprint density at radius 3 is 2.68 bits per heavy atom. The summed E-state index contributed by atoms with van der Waals surface area (Å²) in [4.78, 5) is 28.4. The van der Waals surface area contributed by atoms with E-state index in [-0.39, 0.29) is 11.2 Å². The van der Waals surface area contributed by atoms with Crippen LogP contribution < -0.4 is 11.2 Å². The predicted molar refractivity (Wildman–Crippen MR) is 71.1 cm³/mol. The number of aromatic nitrogens is 4. The molecule has 2 heterocycles. The second-order valence-corrected chi connectivity index (χ2v) is 4.82. The molecule has 0 amide bonds. The van der Waals surface area contributed by atoms with Gasteiger partial charge in [-0.3, -0.25) is 13.9 Å². The average Bonchev–Trinajstić information content (AvgIpc) is 2.73. The average molecular weight is 266 g/mol. The van der Waals surface area contributed by atoms with E-state index in [0.717, 1.165) is 0 Å². The highest BCUT2D eigenvalue weighted by Crippen LogP contribution is 2.03. The summed E-state index contributed by atoms with van der Waals surface area (Å²) in [5.74, 6) is 0. The van der Waals surface area contributed by atoms with Crippen LogP contribution in [-0.2, 0) is 20.6 Å². The highest BCUT2D eigenvalue weighted by molar-refractivity contribution is 5.69. The van der Waals surface area contributed by atoms with Crippen LogP contribution >= 0.6 is 0 Å². The Morgan fingerprint density at radius 2 is 2.05 bits per heavy atom. The van der Waals surface area contributed by atoms with Crippen LogP contribution in [0.4, 0.5) is 0 Å². The van der Waals surface area contributed by atoms with Crippen molar-refractivity contribution in [3.8, 4) is 0 Å². The molecule has 0 aliphatic heterocycles. The lowest BCUT2D eigenvalue weighted by molar-refractivity contribution is 0.179. The van der Waals surface area contributed by atoms with Crippen LogP contribution in [0.15, 0.2) is 15.9 Å². The van der Waals surface area contributed by atoms with Crippen molar-refractivity contribution in [2.45, 2.75) is 32.4 Å². The normalized spacial score (nSPS) is 13.1. The third-order valence-corrected chi connectivity index (χ3v) is 3.20. The maximum absolute atomic E-state index is 12.3. The first-order chi connectivity index (χ1) is 8.93. The van der Waals surface area contributed by atoms with Crippen molar-refractivity contribution in [3.05, 3.63) is 27.2 Å². The van der Waals surface area contributed by atoms with E-state index < -0.39 is 6.10 Å². The second-order valence-electron chi connectivity index (χ2n) is 4.82. The lowest BCUT2D eigenvalue weighted by atomic mass is 10.2. The number of aryl methyl sites for hydroxylation is 2. The summed E-state index contributed by atoms with van der Waals surface area (Å²) in [7, 11) is 3.32. The number of fused-ring (bicyclic) bond motifs is 1. The molecule has 7 nitrogen and oxygen atoms in total. The first-order valence-electron chi connectivity index (χ1n) is 6.22. The Bertz CT molecular complexity index is 708. The Hall–Kier alpha value is -1.89. The van der Waals surface area contributed by atoms with Crippen molar-refractivity contribution in [2.24, 2.45) is 14.1 Å². The van der Waals surface area contributed by atoms with E-state index in [1.807, 2.05) is 0 Å².